The van der Waals surface area contributed by atoms with E-state index in [1.54, 1.807) is 13.0 Å². The number of carbonyl (C=O) groups is 4. The van der Waals surface area contributed by atoms with Crippen molar-refractivity contribution in [3.8, 4) is 11.5 Å². The number of amides is 4. The highest BCUT2D eigenvalue weighted by Crippen LogP contribution is 2.65. The molecule has 10 nitrogen and oxygen atoms in total. The number of phenols is 1. The average Bonchev–Trinajstić information content (AvgIpc) is 3.46. The van der Waals surface area contributed by atoms with Gasteiger partial charge in [-0.15, -0.1) is 13.2 Å². The highest BCUT2D eigenvalue weighted by atomic mass is 35.5. The van der Waals surface area contributed by atoms with E-state index in [9.17, 15) is 45.8 Å². The fraction of sp³-hybridized carbons (Fsp3) is 0.343. The summed E-state index contributed by atoms with van der Waals surface area (Å²) >= 11 is 12.4. The minimum atomic E-state index is -5.16. The smallest absolute Gasteiger partial charge is 0.508 e. The molecule has 278 valence electrons. The maximum Gasteiger partial charge on any atom is 0.573 e. The standard InChI is InChI=1S/C35H26Cl2F6N4O6/c1-2-46-29(49)20-9-8-19-21(26(20)31(46)51)13-23-30(50)47(45-28-24(37)11-16(14-44-28)34(38,39)40)32(52)33(23,15-3-5-17(36)6-4-15)27(19)22-12-18(7-10-25(22)48)53-35(41,42)43/h3-8,10-12,14,20-21,23,26-27,48H,2,9,13H2,1H3,(H,44,45)/t20-,21+,23-,26-,27+,33+/m0/s1. The molecule has 3 heterocycles. The zero-order chi connectivity index (χ0) is 38.4. The summed E-state index contributed by atoms with van der Waals surface area (Å²) in [6.45, 7) is 1.67. The molecule has 53 heavy (non-hydrogen) atoms. The first-order valence-corrected chi connectivity index (χ1v) is 16.9. The number of aromatic nitrogens is 1. The van der Waals surface area contributed by atoms with Crippen molar-refractivity contribution in [2.75, 3.05) is 12.0 Å². The van der Waals surface area contributed by atoms with Gasteiger partial charge in [0.15, 0.2) is 5.82 Å². The topological polar surface area (TPSA) is 129 Å². The van der Waals surface area contributed by atoms with Gasteiger partial charge < -0.3 is 9.84 Å². The summed E-state index contributed by atoms with van der Waals surface area (Å²) in [5.74, 6) is -10.4. The Morgan fingerprint density at radius 2 is 1.66 bits per heavy atom. The molecule has 1 aromatic heterocycles. The molecular weight excluding hydrogens is 757 g/mol. The number of phenolic OH excluding ortho intramolecular Hbond substituents is 1. The van der Waals surface area contributed by atoms with E-state index in [0.717, 1.165) is 23.1 Å². The number of likely N-dealkylation sites (tertiary alicyclic amines) is 1. The SMILES string of the molecule is CCN1C(=O)[C@H]2[C@H](CC=C3[C@H]2C[C@H]2C(=O)N(Nc4ncc(C(F)(F)F)cc4Cl)C(=O)[C@@]2(c2ccc(Cl)cc2)[C@H]3c2cc(OC(F)(F)F)ccc2O)C1=O. The summed E-state index contributed by atoms with van der Waals surface area (Å²) < 4.78 is 84.9. The number of hydrogen-bond acceptors (Lipinski definition) is 8. The molecule has 0 unspecified atom stereocenters. The minimum absolute atomic E-state index is 0.00409. The number of halogens is 8. The number of nitrogens with one attached hydrogen (secondary N) is 1. The van der Waals surface area contributed by atoms with E-state index in [1.807, 2.05) is 0 Å². The fourth-order valence-electron chi connectivity index (χ4n) is 8.47. The van der Waals surface area contributed by atoms with Gasteiger partial charge in [0.2, 0.25) is 11.8 Å². The number of anilines is 1. The second-order valence-corrected chi connectivity index (χ2v) is 14.0. The highest BCUT2D eigenvalue weighted by molar-refractivity contribution is 6.33. The lowest BCUT2D eigenvalue weighted by atomic mass is 9.49. The van der Waals surface area contributed by atoms with Gasteiger partial charge in [-0.3, -0.25) is 29.5 Å². The first-order valence-electron chi connectivity index (χ1n) is 16.2. The van der Waals surface area contributed by atoms with Crippen molar-refractivity contribution >= 4 is 52.6 Å². The molecule has 4 aliphatic rings. The van der Waals surface area contributed by atoms with Crippen LogP contribution < -0.4 is 10.2 Å². The Kier molecular flexibility index (Phi) is 8.71. The minimum Gasteiger partial charge on any atom is -0.508 e. The number of carbonyl (C=O) groups excluding carboxylic acids is 4. The van der Waals surface area contributed by atoms with Gasteiger partial charge in [-0.1, -0.05) is 47.0 Å². The van der Waals surface area contributed by atoms with E-state index in [-0.39, 0.29) is 35.5 Å². The molecule has 6 atom stereocenters. The maximum absolute atomic E-state index is 15.1. The summed E-state index contributed by atoms with van der Waals surface area (Å²) in [6, 6.07) is 8.92. The molecule has 2 saturated heterocycles. The number of hydrazine groups is 1. The number of ether oxygens (including phenoxy) is 1. The van der Waals surface area contributed by atoms with Gasteiger partial charge in [-0.05, 0) is 67.6 Å². The molecule has 1 saturated carbocycles. The summed E-state index contributed by atoms with van der Waals surface area (Å²) in [5.41, 5.74) is -0.668. The van der Waals surface area contributed by atoms with Crippen molar-refractivity contribution in [2.45, 2.75) is 43.6 Å². The molecule has 4 amide bonds. The molecular formula is C35H26Cl2F6N4O6. The molecule has 0 radical (unpaired) electrons. The lowest BCUT2D eigenvalue weighted by Crippen LogP contribution is -2.53. The Balaban J connectivity index is 1.47. The largest absolute Gasteiger partial charge is 0.573 e. The number of benzene rings is 2. The first kappa shape index (κ1) is 36.5. The van der Waals surface area contributed by atoms with E-state index >= 15 is 4.79 Å². The quantitative estimate of drug-likeness (QED) is 0.155. The van der Waals surface area contributed by atoms with Crippen LogP contribution >= 0.6 is 23.2 Å². The van der Waals surface area contributed by atoms with Crippen LogP contribution in [0.5, 0.6) is 11.5 Å². The number of pyridine rings is 1. The van der Waals surface area contributed by atoms with Crippen molar-refractivity contribution in [2.24, 2.45) is 23.7 Å². The number of fused-ring (bicyclic) bond motifs is 4. The summed E-state index contributed by atoms with van der Waals surface area (Å²) in [7, 11) is 0. The molecule has 3 aromatic rings. The highest BCUT2D eigenvalue weighted by Gasteiger charge is 2.70. The fourth-order valence-corrected chi connectivity index (χ4v) is 8.80. The molecule has 2 aromatic carbocycles. The Morgan fingerprint density at radius 1 is 0.962 bits per heavy atom. The summed E-state index contributed by atoms with van der Waals surface area (Å²) in [6.07, 6.45) is -8.15. The van der Waals surface area contributed by atoms with Gasteiger partial charge in [0.05, 0.1) is 33.8 Å². The third-order valence-corrected chi connectivity index (χ3v) is 11.0. The van der Waals surface area contributed by atoms with E-state index in [2.05, 4.69) is 15.1 Å². The van der Waals surface area contributed by atoms with Gasteiger partial charge in [-0.25, -0.2) is 4.98 Å². The molecule has 3 fully saturated rings. The monoisotopic (exact) mass is 782 g/mol. The molecule has 2 N–H and O–H groups in total. The van der Waals surface area contributed by atoms with Gasteiger partial charge in [0.1, 0.15) is 11.5 Å². The predicted molar refractivity (Wildman–Crippen MR) is 174 cm³/mol. The van der Waals surface area contributed by atoms with Crippen molar-refractivity contribution in [3.63, 3.8) is 0 Å². The number of aromatic hydroxyl groups is 1. The van der Waals surface area contributed by atoms with Gasteiger partial charge in [-0.2, -0.15) is 18.2 Å². The van der Waals surface area contributed by atoms with Crippen molar-refractivity contribution in [1.29, 1.82) is 0 Å². The van der Waals surface area contributed by atoms with E-state index in [1.165, 1.54) is 24.3 Å². The van der Waals surface area contributed by atoms with Gasteiger partial charge in [0, 0.05) is 29.2 Å². The molecule has 0 bridgehead atoms. The van der Waals surface area contributed by atoms with Crippen LogP contribution in [0.15, 0.2) is 66.4 Å². The molecule has 2 aliphatic carbocycles. The Bertz CT molecular complexity index is 2090. The number of allylic oxidation sites excluding steroid dienone is 2. The van der Waals surface area contributed by atoms with Crippen LogP contribution in [0.4, 0.5) is 32.2 Å². The van der Waals surface area contributed by atoms with Gasteiger partial charge in [0.25, 0.3) is 11.8 Å². The van der Waals surface area contributed by atoms with Gasteiger partial charge >= 0.3 is 12.5 Å². The molecule has 18 heteroatoms. The number of imide groups is 2. The van der Waals surface area contributed by atoms with Crippen LogP contribution in [0.2, 0.25) is 10.0 Å². The zero-order valence-corrected chi connectivity index (χ0v) is 28.6. The number of alkyl halides is 6. The molecule has 2 aliphatic heterocycles. The van der Waals surface area contributed by atoms with Crippen LogP contribution in [0.1, 0.15) is 42.4 Å². The normalized spacial score (nSPS) is 27.0. The van der Waals surface area contributed by atoms with Crippen molar-refractivity contribution < 1.29 is 55.4 Å². The van der Waals surface area contributed by atoms with E-state index in [4.69, 9.17) is 23.2 Å². The number of hydrogen-bond donors (Lipinski definition) is 2. The number of nitrogens with zero attached hydrogens (tertiary/aromatic N) is 3. The number of rotatable bonds is 6. The van der Waals surface area contributed by atoms with Crippen LogP contribution in [0.25, 0.3) is 0 Å². The van der Waals surface area contributed by atoms with Crippen LogP contribution in [-0.2, 0) is 30.8 Å². The zero-order valence-electron chi connectivity index (χ0n) is 27.1. The second-order valence-electron chi connectivity index (χ2n) is 13.1. The Labute approximate surface area is 306 Å². The molecule has 7 rings (SSSR count). The molecule has 0 spiro atoms. The third kappa shape index (κ3) is 5.77. The van der Waals surface area contributed by atoms with Crippen molar-refractivity contribution in [3.05, 3.63) is 93.1 Å². The lowest BCUT2D eigenvalue weighted by Gasteiger charge is -2.50. The lowest BCUT2D eigenvalue weighted by molar-refractivity contribution is -0.274. The van der Waals surface area contributed by atoms with Crippen LogP contribution in [0, 0.1) is 23.7 Å². The summed E-state index contributed by atoms with van der Waals surface area (Å²) in [4.78, 5) is 61.7. The maximum atomic E-state index is 15.1. The average molecular weight is 784 g/mol. The predicted octanol–water partition coefficient (Wildman–Crippen LogP) is 7.02. The third-order valence-electron chi connectivity index (χ3n) is 10.5. The second kappa shape index (κ2) is 12.6. The Morgan fingerprint density at radius 3 is 2.28 bits per heavy atom. The summed E-state index contributed by atoms with van der Waals surface area (Å²) in [5, 5.41) is 11.5. The van der Waals surface area contributed by atoms with Crippen LogP contribution in [-0.4, -0.2) is 56.5 Å². The Hall–Kier alpha value is -4.83. The van der Waals surface area contributed by atoms with E-state index < -0.39 is 99.1 Å². The van der Waals surface area contributed by atoms with Crippen molar-refractivity contribution in [1.82, 2.24) is 14.9 Å². The van der Waals surface area contributed by atoms with E-state index in [0.29, 0.717) is 22.8 Å². The van der Waals surface area contributed by atoms with Crippen LogP contribution in [0.3, 0.4) is 0 Å². The first-order chi connectivity index (χ1) is 24.9.